The molecule has 0 saturated carbocycles. The van der Waals surface area contributed by atoms with Gasteiger partial charge in [-0.3, -0.25) is 4.79 Å². The van der Waals surface area contributed by atoms with Gasteiger partial charge in [-0.25, -0.2) is 4.79 Å². The van der Waals surface area contributed by atoms with Crippen LogP contribution in [0.4, 0.5) is 5.00 Å². The first kappa shape index (κ1) is 22.1. The molecule has 156 valence electrons. The van der Waals surface area contributed by atoms with E-state index < -0.39 is 5.97 Å². The maximum atomic E-state index is 12.8. The Morgan fingerprint density at radius 1 is 1.28 bits per heavy atom. The molecular formula is C22H25Cl2NO3S. The molecule has 2 aromatic rings. The van der Waals surface area contributed by atoms with E-state index in [0.717, 1.165) is 29.7 Å². The maximum Gasteiger partial charge on any atom is 0.341 e. The minimum atomic E-state index is -0.392. The van der Waals surface area contributed by atoms with Gasteiger partial charge >= 0.3 is 5.97 Å². The van der Waals surface area contributed by atoms with Gasteiger partial charge in [0.05, 0.1) is 22.8 Å². The molecule has 1 aliphatic rings. The van der Waals surface area contributed by atoms with Crippen molar-refractivity contribution < 1.29 is 14.3 Å². The van der Waals surface area contributed by atoms with Gasteiger partial charge in [-0.2, -0.15) is 0 Å². The molecule has 7 heteroatoms. The number of halogens is 2. The van der Waals surface area contributed by atoms with Gasteiger partial charge in [0.1, 0.15) is 5.00 Å². The Bertz CT molecular complexity index is 946. The predicted octanol–water partition coefficient (Wildman–Crippen LogP) is 6.63. The van der Waals surface area contributed by atoms with Crippen molar-refractivity contribution in [2.24, 2.45) is 11.3 Å². The molecule has 0 saturated heterocycles. The summed E-state index contributed by atoms with van der Waals surface area (Å²) in [5.74, 6) is -0.238. The highest BCUT2D eigenvalue weighted by molar-refractivity contribution is 7.17. The molecule has 1 heterocycles. The highest BCUT2D eigenvalue weighted by Crippen LogP contribution is 2.44. The summed E-state index contributed by atoms with van der Waals surface area (Å²) in [6, 6.07) is 4.72. The molecular weight excluding hydrogens is 429 g/mol. The van der Waals surface area contributed by atoms with E-state index in [1.807, 2.05) is 0 Å². The first-order valence-corrected chi connectivity index (χ1v) is 11.3. The average molecular weight is 454 g/mol. The summed E-state index contributed by atoms with van der Waals surface area (Å²) in [5, 5.41) is 4.14. The lowest BCUT2D eigenvalue weighted by Gasteiger charge is -2.33. The molecule has 0 bridgehead atoms. The molecule has 3 rings (SSSR count). The Balaban J connectivity index is 1.96. The minimum absolute atomic E-state index is 0.187. The van der Waals surface area contributed by atoms with E-state index in [0.29, 0.717) is 27.1 Å². The third-order valence-corrected chi connectivity index (χ3v) is 7.09. The van der Waals surface area contributed by atoms with Crippen molar-refractivity contribution in [2.75, 3.05) is 11.9 Å². The van der Waals surface area contributed by atoms with Crippen LogP contribution in [0.15, 0.2) is 18.2 Å². The fourth-order valence-corrected chi connectivity index (χ4v) is 5.48. The monoisotopic (exact) mass is 453 g/mol. The average Bonchev–Trinajstić information content (AvgIpc) is 2.97. The second-order valence-electron chi connectivity index (χ2n) is 8.31. The lowest BCUT2D eigenvalue weighted by molar-refractivity contribution is 0.0526. The number of nitrogens with one attached hydrogen (secondary N) is 1. The van der Waals surface area contributed by atoms with Gasteiger partial charge in [0.2, 0.25) is 0 Å². The molecule has 1 aliphatic carbocycles. The van der Waals surface area contributed by atoms with Crippen molar-refractivity contribution in [1.82, 2.24) is 0 Å². The molecule has 1 aromatic carbocycles. The highest BCUT2D eigenvalue weighted by Gasteiger charge is 2.34. The molecule has 0 aliphatic heterocycles. The van der Waals surface area contributed by atoms with Gasteiger partial charge in [-0.15, -0.1) is 11.3 Å². The molecule has 29 heavy (non-hydrogen) atoms. The Labute approximate surface area is 185 Å². The van der Waals surface area contributed by atoms with Crippen LogP contribution >= 0.6 is 34.5 Å². The summed E-state index contributed by atoms with van der Waals surface area (Å²) in [7, 11) is 0. The van der Waals surface area contributed by atoms with E-state index >= 15 is 0 Å². The SMILES string of the molecule is CCOC(=O)c1c(NC(=O)c2ccc(Cl)cc2Cl)sc2c1CC[C@@H](C(C)(C)C)C2. The van der Waals surface area contributed by atoms with Crippen molar-refractivity contribution in [1.29, 1.82) is 0 Å². The molecule has 1 amide bonds. The number of benzene rings is 1. The summed E-state index contributed by atoms with van der Waals surface area (Å²) in [6.07, 6.45) is 2.71. The van der Waals surface area contributed by atoms with E-state index in [1.165, 1.54) is 17.4 Å². The standard InChI is InChI=1S/C22H25Cl2NO3S/c1-5-28-21(27)18-15-8-6-12(22(2,3)4)10-17(15)29-20(18)25-19(26)14-9-7-13(23)11-16(14)24/h7,9,11-12H,5-6,8,10H2,1-4H3,(H,25,26)/t12-/m1/s1. The normalized spacial score (nSPS) is 16.3. The quantitative estimate of drug-likeness (QED) is 0.528. The number of hydrogen-bond acceptors (Lipinski definition) is 4. The lowest BCUT2D eigenvalue weighted by atomic mass is 9.72. The summed E-state index contributed by atoms with van der Waals surface area (Å²) >= 11 is 13.6. The molecule has 0 spiro atoms. The van der Waals surface area contributed by atoms with Crippen LogP contribution in [0.2, 0.25) is 10.0 Å². The number of fused-ring (bicyclic) bond motifs is 1. The number of rotatable bonds is 4. The molecule has 4 nitrogen and oxygen atoms in total. The van der Waals surface area contributed by atoms with E-state index in [2.05, 4.69) is 26.1 Å². The number of thiophene rings is 1. The van der Waals surface area contributed by atoms with E-state index in [1.54, 1.807) is 19.1 Å². The van der Waals surface area contributed by atoms with Crippen LogP contribution in [-0.2, 0) is 17.6 Å². The van der Waals surface area contributed by atoms with Crippen molar-refractivity contribution in [3.8, 4) is 0 Å². The zero-order valence-corrected chi connectivity index (χ0v) is 19.4. The number of amides is 1. The van der Waals surface area contributed by atoms with Crippen LogP contribution in [0, 0.1) is 11.3 Å². The van der Waals surface area contributed by atoms with Gasteiger partial charge in [0.15, 0.2) is 0 Å². The van der Waals surface area contributed by atoms with Crippen LogP contribution in [0.1, 0.15) is 65.3 Å². The predicted molar refractivity (Wildman–Crippen MR) is 120 cm³/mol. The molecule has 0 fully saturated rings. The third kappa shape index (κ3) is 4.79. The molecule has 1 aromatic heterocycles. The Hall–Kier alpha value is -1.56. The van der Waals surface area contributed by atoms with Crippen LogP contribution < -0.4 is 5.32 Å². The number of carbonyl (C=O) groups excluding carboxylic acids is 2. The third-order valence-electron chi connectivity index (χ3n) is 5.37. The molecule has 0 unspecified atom stereocenters. The van der Waals surface area contributed by atoms with E-state index in [9.17, 15) is 9.59 Å². The van der Waals surface area contributed by atoms with Gasteiger partial charge in [-0.1, -0.05) is 44.0 Å². The summed E-state index contributed by atoms with van der Waals surface area (Å²) in [5.41, 5.74) is 1.99. The van der Waals surface area contributed by atoms with Crippen molar-refractivity contribution in [3.63, 3.8) is 0 Å². The number of ether oxygens (including phenoxy) is 1. The smallest absolute Gasteiger partial charge is 0.341 e. The zero-order chi connectivity index (χ0) is 21.3. The Morgan fingerprint density at radius 2 is 2.00 bits per heavy atom. The first-order valence-electron chi connectivity index (χ1n) is 9.69. The number of esters is 1. The first-order chi connectivity index (χ1) is 13.6. The lowest BCUT2D eigenvalue weighted by Crippen LogP contribution is -2.26. The van der Waals surface area contributed by atoms with Crippen LogP contribution in [0.3, 0.4) is 0 Å². The van der Waals surface area contributed by atoms with Crippen LogP contribution in [0.5, 0.6) is 0 Å². The minimum Gasteiger partial charge on any atom is -0.462 e. The van der Waals surface area contributed by atoms with Crippen LogP contribution in [-0.4, -0.2) is 18.5 Å². The van der Waals surface area contributed by atoms with Gasteiger partial charge in [0.25, 0.3) is 5.91 Å². The van der Waals surface area contributed by atoms with E-state index in [4.69, 9.17) is 27.9 Å². The van der Waals surface area contributed by atoms with E-state index in [-0.39, 0.29) is 23.0 Å². The zero-order valence-electron chi connectivity index (χ0n) is 17.0. The van der Waals surface area contributed by atoms with Gasteiger partial charge < -0.3 is 10.1 Å². The Kier molecular flexibility index (Phi) is 6.61. The fraction of sp³-hybridized carbons (Fsp3) is 0.455. The number of hydrogen-bond donors (Lipinski definition) is 1. The van der Waals surface area contributed by atoms with Gasteiger partial charge in [0, 0.05) is 9.90 Å². The number of anilines is 1. The number of carbonyl (C=O) groups is 2. The summed E-state index contributed by atoms with van der Waals surface area (Å²) in [4.78, 5) is 26.7. The Morgan fingerprint density at radius 3 is 2.62 bits per heavy atom. The van der Waals surface area contributed by atoms with Crippen molar-refractivity contribution in [2.45, 2.75) is 47.0 Å². The molecule has 1 N–H and O–H groups in total. The second kappa shape index (κ2) is 8.66. The van der Waals surface area contributed by atoms with Crippen molar-refractivity contribution >= 4 is 51.4 Å². The van der Waals surface area contributed by atoms with Gasteiger partial charge in [-0.05, 0) is 61.3 Å². The highest BCUT2D eigenvalue weighted by atomic mass is 35.5. The topological polar surface area (TPSA) is 55.4 Å². The van der Waals surface area contributed by atoms with Crippen LogP contribution in [0.25, 0.3) is 0 Å². The largest absolute Gasteiger partial charge is 0.462 e. The maximum absolute atomic E-state index is 12.8. The fourth-order valence-electron chi connectivity index (χ4n) is 3.68. The summed E-state index contributed by atoms with van der Waals surface area (Å²) < 4.78 is 5.29. The second-order valence-corrected chi connectivity index (χ2v) is 10.3. The van der Waals surface area contributed by atoms with Crippen molar-refractivity contribution in [3.05, 3.63) is 49.8 Å². The molecule has 1 atom stereocenters. The molecule has 0 radical (unpaired) electrons. The summed E-state index contributed by atoms with van der Waals surface area (Å²) in [6.45, 7) is 8.79.